The summed E-state index contributed by atoms with van der Waals surface area (Å²) in [5, 5.41) is 5.29. The van der Waals surface area contributed by atoms with E-state index in [1.54, 1.807) is 6.20 Å². The third kappa shape index (κ3) is 3.26. The fourth-order valence-electron chi connectivity index (χ4n) is 1.51. The lowest BCUT2D eigenvalue weighted by molar-refractivity contribution is -0.899. The van der Waals surface area contributed by atoms with E-state index in [-0.39, 0.29) is 5.91 Å². The molecule has 6 heteroatoms. The number of ether oxygens (including phenoxy) is 1. The van der Waals surface area contributed by atoms with Crippen LogP contribution < -0.4 is 10.2 Å². The molecule has 0 bridgehead atoms. The van der Waals surface area contributed by atoms with Gasteiger partial charge in [-0.3, -0.25) is 10.1 Å². The zero-order chi connectivity index (χ0) is 10.5. The number of carbonyl (C=O) groups is 1. The molecule has 0 atom stereocenters. The number of nitrogens with zero attached hydrogens (tertiary/aromatic N) is 1. The molecule has 1 aliphatic rings. The number of carbonyl (C=O) groups excluding carboxylic acids is 1. The van der Waals surface area contributed by atoms with Crippen LogP contribution in [0.4, 0.5) is 5.13 Å². The lowest BCUT2D eigenvalue weighted by Gasteiger charge is -2.22. The fraction of sp³-hybridized carbons (Fsp3) is 0.556. The molecule has 0 saturated carbocycles. The Bertz CT molecular complexity index is 309. The molecule has 82 valence electrons. The minimum Gasteiger partial charge on any atom is -0.370 e. The SMILES string of the molecule is O=C(C[NH+]1CCOCC1)Nc1nccs1. The van der Waals surface area contributed by atoms with E-state index in [9.17, 15) is 4.79 Å². The first-order valence-corrected chi connectivity index (χ1v) is 5.83. The van der Waals surface area contributed by atoms with Crippen molar-refractivity contribution in [1.82, 2.24) is 4.98 Å². The number of morpholine rings is 1. The van der Waals surface area contributed by atoms with Crippen LogP contribution in [0.25, 0.3) is 0 Å². The number of hydrogen-bond donors (Lipinski definition) is 2. The molecule has 1 aromatic heterocycles. The van der Waals surface area contributed by atoms with Crippen molar-refractivity contribution in [2.24, 2.45) is 0 Å². The molecular formula is C9H14N3O2S+. The number of aromatic nitrogens is 1. The first kappa shape index (κ1) is 10.5. The summed E-state index contributed by atoms with van der Waals surface area (Å²) in [5.74, 6) is 0.0295. The molecule has 1 aromatic rings. The van der Waals surface area contributed by atoms with Crippen LogP contribution in [-0.2, 0) is 9.53 Å². The topological polar surface area (TPSA) is 55.7 Å². The molecule has 15 heavy (non-hydrogen) atoms. The predicted molar refractivity (Wildman–Crippen MR) is 57.1 cm³/mol. The largest absolute Gasteiger partial charge is 0.370 e. The molecule has 2 N–H and O–H groups in total. The Kier molecular flexibility index (Phi) is 3.65. The van der Waals surface area contributed by atoms with Crippen LogP contribution in [0.2, 0.25) is 0 Å². The second kappa shape index (κ2) is 5.20. The highest BCUT2D eigenvalue weighted by Gasteiger charge is 2.17. The van der Waals surface area contributed by atoms with E-state index in [1.807, 2.05) is 5.38 Å². The summed E-state index contributed by atoms with van der Waals surface area (Å²) < 4.78 is 5.22. The molecule has 0 unspecified atom stereocenters. The van der Waals surface area contributed by atoms with Crippen LogP contribution in [0, 0.1) is 0 Å². The van der Waals surface area contributed by atoms with Crippen molar-refractivity contribution in [3.8, 4) is 0 Å². The third-order valence-corrected chi connectivity index (χ3v) is 2.98. The highest BCUT2D eigenvalue weighted by molar-refractivity contribution is 7.13. The van der Waals surface area contributed by atoms with Gasteiger partial charge in [0, 0.05) is 11.6 Å². The summed E-state index contributed by atoms with van der Waals surface area (Å²) >= 11 is 1.44. The van der Waals surface area contributed by atoms with Gasteiger partial charge in [0.1, 0.15) is 13.1 Å². The Morgan fingerprint density at radius 2 is 2.40 bits per heavy atom. The van der Waals surface area contributed by atoms with E-state index in [0.29, 0.717) is 11.7 Å². The van der Waals surface area contributed by atoms with Crippen LogP contribution >= 0.6 is 11.3 Å². The molecule has 1 fully saturated rings. The summed E-state index contributed by atoms with van der Waals surface area (Å²) in [6, 6.07) is 0. The van der Waals surface area contributed by atoms with Gasteiger partial charge < -0.3 is 9.64 Å². The summed E-state index contributed by atoms with van der Waals surface area (Å²) in [6.07, 6.45) is 1.68. The quantitative estimate of drug-likeness (QED) is 0.697. The van der Waals surface area contributed by atoms with Crippen molar-refractivity contribution >= 4 is 22.4 Å². The lowest BCUT2D eigenvalue weighted by atomic mass is 10.4. The van der Waals surface area contributed by atoms with Crippen LogP contribution in [-0.4, -0.2) is 43.7 Å². The summed E-state index contributed by atoms with van der Waals surface area (Å²) in [5.41, 5.74) is 0. The Labute approximate surface area is 92.1 Å². The molecule has 1 aliphatic heterocycles. The molecule has 2 heterocycles. The fourth-order valence-corrected chi connectivity index (χ4v) is 2.06. The van der Waals surface area contributed by atoms with E-state index >= 15 is 0 Å². The molecule has 1 saturated heterocycles. The monoisotopic (exact) mass is 228 g/mol. The van der Waals surface area contributed by atoms with Gasteiger partial charge in [-0.2, -0.15) is 0 Å². The second-order valence-electron chi connectivity index (χ2n) is 3.42. The van der Waals surface area contributed by atoms with Crippen LogP contribution in [0.15, 0.2) is 11.6 Å². The normalized spacial score (nSPS) is 17.6. The lowest BCUT2D eigenvalue weighted by Crippen LogP contribution is -3.15. The van der Waals surface area contributed by atoms with Crippen molar-refractivity contribution < 1.29 is 14.4 Å². The van der Waals surface area contributed by atoms with Gasteiger partial charge in [-0.15, -0.1) is 11.3 Å². The molecule has 0 spiro atoms. The minimum atomic E-state index is 0.0295. The van der Waals surface area contributed by atoms with Gasteiger partial charge in [0.05, 0.1) is 13.2 Å². The maximum atomic E-state index is 11.6. The number of amides is 1. The molecule has 0 radical (unpaired) electrons. The number of rotatable bonds is 3. The van der Waals surface area contributed by atoms with Crippen LogP contribution in [0.1, 0.15) is 0 Å². The van der Waals surface area contributed by atoms with Gasteiger partial charge in [0.15, 0.2) is 11.7 Å². The molecule has 1 amide bonds. The number of thiazole rings is 1. The Balaban J connectivity index is 1.76. The Morgan fingerprint density at radius 3 is 3.07 bits per heavy atom. The van der Waals surface area contributed by atoms with Gasteiger partial charge in [0.25, 0.3) is 5.91 Å². The van der Waals surface area contributed by atoms with E-state index in [0.717, 1.165) is 26.3 Å². The van der Waals surface area contributed by atoms with Gasteiger partial charge in [0.2, 0.25) is 0 Å². The summed E-state index contributed by atoms with van der Waals surface area (Å²) in [4.78, 5) is 16.8. The smallest absolute Gasteiger partial charge is 0.281 e. The average Bonchev–Trinajstić information content (AvgIpc) is 2.71. The maximum Gasteiger partial charge on any atom is 0.281 e. The van der Waals surface area contributed by atoms with Crippen LogP contribution in [0.5, 0.6) is 0 Å². The van der Waals surface area contributed by atoms with Gasteiger partial charge >= 0.3 is 0 Å². The molecule has 0 aromatic carbocycles. The second-order valence-corrected chi connectivity index (χ2v) is 4.32. The Morgan fingerprint density at radius 1 is 1.60 bits per heavy atom. The zero-order valence-electron chi connectivity index (χ0n) is 8.36. The van der Waals surface area contributed by atoms with Crippen molar-refractivity contribution in [1.29, 1.82) is 0 Å². The average molecular weight is 228 g/mol. The van der Waals surface area contributed by atoms with Gasteiger partial charge in [-0.05, 0) is 0 Å². The summed E-state index contributed by atoms with van der Waals surface area (Å²) in [7, 11) is 0. The van der Waals surface area contributed by atoms with Crippen molar-refractivity contribution in [3.63, 3.8) is 0 Å². The first-order valence-electron chi connectivity index (χ1n) is 4.95. The number of quaternary nitrogens is 1. The Hall–Kier alpha value is -0.980. The third-order valence-electron chi connectivity index (χ3n) is 2.29. The molecule has 5 nitrogen and oxygen atoms in total. The minimum absolute atomic E-state index is 0.0295. The highest BCUT2D eigenvalue weighted by Crippen LogP contribution is 2.09. The standard InChI is InChI=1S/C9H13N3O2S/c13-8(11-9-10-1-6-15-9)7-12-2-4-14-5-3-12/h1,6H,2-5,7H2,(H,10,11,13)/p+1. The van der Waals surface area contributed by atoms with E-state index in [1.165, 1.54) is 16.2 Å². The molecule has 2 rings (SSSR count). The van der Waals surface area contributed by atoms with Crippen molar-refractivity contribution in [3.05, 3.63) is 11.6 Å². The highest BCUT2D eigenvalue weighted by atomic mass is 32.1. The van der Waals surface area contributed by atoms with E-state index in [4.69, 9.17) is 4.74 Å². The number of anilines is 1. The zero-order valence-corrected chi connectivity index (χ0v) is 9.18. The van der Waals surface area contributed by atoms with Gasteiger partial charge in [-0.1, -0.05) is 0 Å². The maximum absolute atomic E-state index is 11.6. The summed E-state index contributed by atoms with van der Waals surface area (Å²) in [6.45, 7) is 3.82. The van der Waals surface area contributed by atoms with E-state index < -0.39 is 0 Å². The predicted octanol–water partition coefficient (Wildman–Crippen LogP) is -1.00. The van der Waals surface area contributed by atoms with Crippen molar-refractivity contribution in [2.75, 3.05) is 38.2 Å². The number of hydrogen-bond acceptors (Lipinski definition) is 4. The number of nitrogens with one attached hydrogen (secondary N) is 2. The first-order chi connectivity index (χ1) is 7.34. The van der Waals surface area contributed by atoms with E-state index in [2.05, 4.69) is 10.3 Å². The van der Waals surface area contributed by atoms with Gasteiger partial charge in [-0.25, -0.2) is 4.98 Å². The van der Waals surface area contributed by atoms with Crippen LogP contribution in [0.3, 0.4) is 0 Å². The molecular weight excluding hydrogens is 214 g/mol. The molecule has 0 aliphatic carbocycles. The van der Waals surface area contributed by atoms with Crippen molar-refractivity contribution in [2.45, 2.75) is 0 Å².